The molecule has 2 rings (SSSR count). The average molecular weight is 248 g/mol. The summed E-state index contributed by atoms with van der Waals surface area (Å²) < 4.78 is 5.02. The maximum atomic E-state index is 5.02. The summed E-state index contributed by atoms with van der Waals surface area (Å²) in [4.78, 5) is 12.6. The number of hydrogen-bond donors (Lipinski definition) is 2. The minimum absolute atomic E-state index is 0.449. The topological polar surface area (TPSA) is 88.8 Å². The number of nitrogens with zero attached hydrogens (tertiary/aromatic N) is 4. The molecule has 0 aliphatic heterocycles. The highest BCUT2D eigenvalue weighted by atomic mass is 16.5. The van der Waals surface area contributed by atoms with Crippen molar-refractivity contribution in [1.82, 2.24) is 20.1 Å². The van der Waals surface area contributed by atoms with Gasteiger partial charge in [-0.2, -0.15) is 9.97 Å². The summed E-state index contributed by atoms with van der Waals surface area (Å²) in [5.41, 5.74) is 0.966. The van der Waals surface area contributed by atoms with Crippen LogP contribution >= 0.6 is 0 Å². The molecule has 7 heteroatoms. The van der Waals surface area contributed by atoms with Gasteiger partial charge in [0.1, 0.15) is 5.82 Å². The van der Waals surface area contributed by atoms with Crippen LogP contribution in [0.1, 0.15) is 24.2 Å². The molecule has 2 heterocycles. The number of aryl methyl sites for hydroxylation is 2. The molecule has 2 N–H and O–H groups in total. The zero-order chi connectivity index (χ0) is 13.0. The van der Waals surface area contributed by atoms with Gasteiger partial charge in [0.25, 0.3) is 0 Å². The molecule has 0 unspecified atom stereocenters. The van der Waals surface area contributed by atoms with Crippen molar-refractivity contribution in [2.75, 3.05) is 17.2 Å². The zero-order valence-electron chi connectivity index (χ0n) is 10.7. The third kappa shape index (κ3) is 2.93. The minimum atomic E-state index is 0.449. The average Bonchev–Trinajstić information content (AvgIpc) is 2.76. The van der Waals surface area contributed by atoms with E-state index in [0.717, 1.165) is 17.9 Å². The molecule has 0 bridgehead atoms. The molecule has 0 aromatic carbocycles. The van der Waals surface area contributed by atoms with Crippen LogP contribution in [-0.4, -0.2) is 26.7 Å². The van der Waals surface area contributed by atoms with Crippen LogP contribution in [-0.2, 0) is 6.54 Å². The lowest BCUT2D eigenvalue weighted by molar-refractivity contribution is 0.379. The maximum absolute atomic E-state index is 5.02. The van der Waals surface area contributed by atoms with Gasteiger partial charge in [-0.05, 0) is 20.8 Å². The molecule has 18 heavy (non-hydrogen) atoms. The quantitative estimate of drug-likeness (QED) is 0.829. The highest BCUT2D eigenvalue weighted by molar-refractivity contribution is 5.46. The molecular weight excluding hydrogens is 232 g/mol. The van der Waals surface area contributed by atoms with Crippen molar-refractivity contribution in [3.05, 3.63) is 23.5 Å². The normalized spacial score (nSPS) is 10.4. The fourth-order valence-electron chi connectivity index (χ4n) is 1.44. The summed E-state index contributed by atoms with van der Waals surface area (Å²) in [7, 11) is 0. The first-order valence-corrected chi connectivity index (χ1v) is 5.79. The van der Waals surface area contributed by atoms with Crippen molar-refractivity contribution in [3.8, 4) is 0 Å². The summed E-state index contributed by atoms with van der Waals surface area (Å²) in [6, 6.07) is 0. The lowest BCUT2D eigenvalue weighted by Gasteiger charge is -2.08. The van der Waals surface area contributed by atoms with Gasteiger partial charge in [-0.3, -0.25) is 0 Å². The van der Waals surface area contributed by atoms with E-state index in [9.17, 15) is 0 Å². The van der Waals surface area contributed by atoms with Crippen molar-refractivity contribution in [2.24, 2.45) is 0 Å². The first-order chi connectivity index (χ1) is 8.69. The Morgan fingerprint density at radius 3 is 2.72 bits per heavy atom. The molecule has 96 valence electrons. The number of aromatic nitrogens is 4. The van der Waals surface area contributed by atoms with Crippen LogP contribution in [0, 0.1) is 13.8 Å². The Labute approximate surface area is 105 Å². The monoisotopic (exact) mass is 248 g/mol. The largest absolute Gasteiger partial charge is 0.361 e. The van der Waals surface area contributed by atoms with Crippen molar-refractivity contribution >= 4 is 11.8 Å². The molecular formula is C11H16N6O. The molecule has 2 aromatic rings. The fraction of sp³-hybridized carbons (Fsp3) is 0.455. The Morgan fingerprint density at radius 2 is 2.06 bits per heavy atom. The summed E-state index contributed by atoms with van der Waals surface area (Å²) in [6.07, 6.45) is 1.77. The second kappa shape index (κ2) is 5.44. The Hall–Kier alpha value is -2.18. The Bertz CT molecular complexity index is 524. The fourth-order valence-corrected chi connectivity index (χ4v) is 1.44. The summed E-state index contributed by atoms with van der Waals surface area (Å²) >= 11 is 0. The van der Waals surface area contributed by atoms with E-state index in [0.29, 0.717) is 24.2 Å². The number of rotatable bonds is 5. The predicted molar refractivity (Wildman–Crippen MR) is 67.3 cm³/mol. The highest BCUT2D eigenvalue weighted by Gasteiger charge is 2.06. The third-order valence-corrected chi connectivity index (χ3v) is 2.28. The van der Waals surface area contributed by atoms with Crippen LogP contribution in [0.3, 0.4) is 0 Å². The predicted octanol–water partition coefficient (Wildman–Crippen LogP) is 1.52. The number of anilines is 2. The van der Waals surface area contributed by atoms with Crippen molar-refractivity contribution < 1.29 is 4.52 Å². The molecule has 0 aliphatic rings. The first-order valence-electron chi connectivity index (χ1n) is 5.79. The van der Waals surface area contributed by atoms with Crippen LogP contribution in [0.15, 0.2) is 10.7 Å². The van der Waals surface area contributed by atoms with Gasteiger partial charge in [-0.1, -0.05) is 5.16 Å². The van der Waals surface area contributed by atoms with Crippen LogP contribution in [0.2, 0.25) is 0 Å². The standard InChI is InChI=1S/C11H16N6O/c1-4-12-11-14-5-7(2)10(16-11)13-6-9-15-8(3)17-18-9/h5H,4,6H2,1-3H3,(H2,12,13,14,16). The Morgan fingerprint density at radius 1 is 1.22 bits per heavy atom. The minimum Gasteiger partial charge on any atom is -0.361 e. The molecule has 0 aliphatic carbocycles. The maximum Gasteiger partial charge on any atom is 0.245 e. The Balaban J connectivity index is 2.05. The zero-order valence-corrected chi connectivity index (χ0v) is 10.7. The molecule has 0 saturated heterocycles. The van der Waals surface area contributed by atoms with Gasteiger partial charge in [-0.15, -0.1) is 0 Å². The molecule has 0 atom stereocenters. The van der Waals surface area contributed by atoms with E-state index >= 15 is 0 Å². The van der Waals surface area contributed by atoms with E-state index in [-0.39, 0.29) is 0 Å². The highest BCUT2D eigenvalue weighted by Crippen LogP contribution is 2.13. The van der Waals surface area contributed by atoms with Crippen LogP contribution in [0.5, 0.6) is 0 Å². The second-order valence-electron chi connectivity index (χ2n) is 3.84. The van der Waals surface area contributed by atoms with E-state index in [1.807, 2.05) is 13.8 Å². The van der Waals surface area contributed by atoms with Crippen LogP contribution < -0.4 is 10.6 Å². The van der Waals surface area contributed by atoms with Crippen LogP contribution in [0.25, 0.3) is 0 Å². The van der Waals surface area contributed by atoms with Gasteiger partial charge in [0, 0.05) is 18.3 Å². The summed E-state index contributed by atoms with van der Waals surface area (Å²) in [5.74, 6) is 2.53. The molecule has 0 amide bonds. The van der Waals surface area contributed by atoms with Crippen molar-refractivity contribution in [2.45, 2.75) is 27.3 Å². The van der Waals surface area contributed by atoms with Gasteiger partial charge < -0.3 is 15.2 Å². The van der Waals surface area contributed by atoms with E-state index in [1.54, 1.807) is 13.1 Å². The molecule has 0 radical (unpaired) electrons. The van der Waals surface area contributed by atoms with Crippen molar-refractivity contribution in [3.63, 3.8) is 0 Å². The molecule has 7 nitrogen and oxygen atoms in total. The number of nitrogens with one attached hydrogen (secondary N) is 2. The lowest BCUT2D eigenvalue weighted by atomic mass is 10.3. The molecule has 0 saturated carbocycles. The van der Waals surface area contributed by atoms with E-state index in [2.05, 4.69) is 30.7 Å². The summed E-state index contributed by atoms with van der Waals surface area (Å²) in [6.45, 7) is 6.95. The molecule has 0 fully saturated rings. The van der Waals surface area contributed by atoms with E-state index < -0.39 is 0 Å². The molecule has 2 aromatic heterocycles. The van der Waals surface area contributed by atoms with Crippen molar-refractivity contribution in [1.29, 1.82) is 0 Å². The third-order valence-electron chi connectivity index (χ3n) is 2.28. The number of hydrogen-bond acceptors (Lipinski definition) is 7. The van der Waals surface area contributed by atoms with Gasteiger partial charge >= 0.3 is 0 Å². The molecule has 0 spiro atoms. The van der Waals surface area contributed by atoms with E-state index in [1.165, 1.54) is 0 Å². The van der Waals surface area contributed by atoms with E-state index in [4.69, 9.17) is 4.52 Å². The second-order valence-corrected chi connectivity index (χ2v) is 3.84. The smallest absolute Gasteiger partial charge is 0.245 e. The first kappa shape index (κ1) is 12.3. The van der Waals surface area contributed by atoms with Gasteiger partial charge in [-0.25, -0.2) is 4.98 Å². The van der Waals surface area contributed by atoms with Gasteiger partial charge in [0.15, 0.2) is 5.82 Å². The lowest BCUT2D eigenvalue weighted by Crippen LogP contribution is -2.08. The Kier molecular flexibility index (Phi) is 3.71. The van der Waals surface area contributed by atoms with Crippen LogP contribution in [0.4, 0.5) is 11.8 Å². The summed E-state index contributed by atoms with van der Waals surface area (Å²) in [5, 5.41) is 9.94. The van der Waals surface area contributed by atoms with Gasteiger partial charge in [0.2, 0.25) is 11.8 Å². The SMILES string of the molecule is CCNc1ncc(C)c(NCc2nc(C)no2)n1. The van der Waals surface area contributed by atoms with Gasteiger partial charge in [0.05, 0.1) is 6.54 Å².